The van der Waals surface area contributed by atoms with Crippen molar-refractivity contribution in [2.45, 2.75) is 20.0 Å². The fourth-order valence-electron chi connectivity index (χ4n) is 2.13. The predicted octanol–water partition coefficient (Wildman–Crippen LogP) is 1.92. The Balaban J connectivity index is 1.91. The van der Waals surface area contributed by atoms with Gasteiger partial charge in [-0.1, -0.05) is 30.3 Å². The summed E-state index contributed by atoms with van der Waals surface area (Å²) >= 11 is 0. The van der Waals surface area contributed by atoms with Crippen molar-refractivity contribution in [2.75, 3.05) is 13.2 Å². The van der Waals surface area contributed by atoms with Crippen LogP contribution in [0.1, 0.15) is 18.2 Å². The van der Waals surface area contributed by atoms with E-state index in [1.165, 1.54) is 6.33 Å². The molecule has 1 heterocycles. The first kappa shape index (κ1) is 16.9. The first-order valence-electron chi connectivity index (χ1n) is 7.49. The number of Topliss-reactive ketones (excluding diaryl/α,β-unsaturated/α-hetero) is 1. The summed E-state index contributed by atoms with van der Waals surface area (Å²) in [5.41, 5.74) is 1.61. The molecule has 0 spiro atoms. The Morgan fingerprint density at radius 3 is 2.70 bits per heavy atom. The van der Waals surface area contributed by atoms with Crippen LogP contribution in [0.2, 0.25) is 0 Å². The molecule has 0 aliphatic carbocycles. The molecule has 1 aromatic heterocycles. The molecule has 6 nitrogen and oxygen atoms in total. The maximum Gasteiger partial charge on any atom is 0.316 e. The van der Waals surface area contributed by atoms with Crippen LogP contribution < -0.4 is 0 Å². The molecule has 0 aliphatic rings. The normalized spacial score (nSPS) is 11.9. The summed E-state index contributed by atoms with van der Waals surface area (Å²) in [6.45, 7) is 2.13. The summed E-state index contributed by atoms with van der Waals surface area (Å²) < 4.78 is 10.4. The van der Waals surface area contributed by atoms with Gasteiger partial charge >= 0.3 is 5.97 Å². The van der Waals surface area contributed by atoms with E-state index >= 15 is 0 Å². The first-order chi connectivity index (χ1) is 11.2. The van der Waals surface area contributed by atoms with E-state index in [0.29, 0.717) is 12.3 Å². The van der Waals surface area contributed by atoms with Gasteiger partial charge in [0.15, 0.2) is 5.78 Å². The lowest BCUT2D eigenvalue weighted by molar-refractivity contribution is -0.152. The second kappa shape index (κ2) is 8.85. The second-order valence-corrected chi connectivity index (χ2v) is 5.01. The van der Waals surface area contributed by atoms with Crippen molar-refractivity contribution < 1.29 is 19.1 Å². The summed E-state index contributed by atoms with van der Waals surface area (Å²) in [5.74, 6) is -1.74. The van der Waals surface area contributed by atoms with Gasteiger partial charge in [-0.25, -0.2) is 4.98 Å². The summed E-state index contributed by atoms with van der Waals surface area (Å²) in [6, 6.07) is 9.54. The SMILES string of the molecule is CCOC(=O)C(Cc1c[nH]cn1)C(=O)COCc1ccccc1. The quantitative estimate of drug-likeness (QED) is 0.564. The molecule has 0 aliphatic heterocycles. The van der Waals surface area contributed by atoms with Crippen LogP contribution in [0, 0.1) is 5.92 Å². The van der Waals surface area contributed by atoms with Gasteiger partial charge in [0.05, 0.1) is 25.2 Å². The van der Waals surface area contributed by atoms with Crippen LogP contribution in [-0.4, -0.2) is 34.9 Å². The number of hydrogen-bond acceptors (Lipinski definition) is 5. The number of esters is 1. The Labute approximate surface area is 134 Å². The summed E-state index contributed by atoms with van der Waals surface area (Å²) in [5, 5.41) is 0. The third-order valence-electron chi connectivity index (χ3n) is 3.28. The number of carbonyl (C=O) groups excluding carboxylic acids is 2. The molecule has 0 fully saturated rings. The third kappa shape index (κ3) is 5.34. The Kier molecular flexibility index (Phi) is 6.50. The van der Waals surface area contributed by atoms with Crippen molar-refractivity contribution in [2.24, 2.45) is 5.92 Å². The van der Waals surface area contributed by atoms with Gasteiger partial charge in [0.2, 0.25) is 0 Å². The average molecular weight is 316 g/mol. The number of nitrogens with zero attached hydrogens (tertiary/aromatic N) is 1. The number of imidazole rings is 1. The molecule has 23 heavy (non-hydrogen) atoms. The number of rotatable bonds is 9. The number of H-pyrrole nitrogens is 1. The van der Waals surface area contributed by atoms with Gasteiger partial charge in [0.1, 0.15) is 12.5 Å². The maximum absolute atomic E-state index is 12.3. The van der Waals surface area contributed by atoms with Crippen LogP contribution in [0.3, 0.4) is 0 Å². The highest BCUT2D eigenvalue weighted by molar-refractivity contribution is 5.99. The van der Waals surface area contributed by atoms with Crippen LogP contribution in [-0.2, 0) is 32.1 Å². The van der Waals surface area contributed by atoms with E-state index in [9.17, 15) is 9.59 Å². The minimum Gasteiger partial charge on any atom is -0.465 e. The van der Waals surface area contributed by atoms with E-state index in [1.807, 2.05) is 30.3 Å². The minimum atomic E-state index is -0.894. The number of nitrogens with one attached hydrogen (secondary N) is 1. The lowest BCUT2D eigenvalue weighted by Crippen LogP contribution is -2.31. The lowest BCUT2D eigenvalue weighted by Gasteiger charge is -2.13. The van der Waals surface area contributed by atoms with Gasteiger partial charge < -0.3 is 14.5 Å². The maximum atomic E-state index is 12.3. The Morgan fingerprint density at radius 1 is 1.26 bits per heavy atom. The zero-order valence-corrected chi connectivity index (χ0v) is 13.0. The number of ketones is 1. The largest absolute Gasteiger partial charge is 0.465 e. The van der Waals surface area contributed by atoms with Crippen molar-refractivity contribution in [3.63, 3.8) is 0 Å². The highest BCUT2D eigenvalue weighted by atomic mass is 16.5. The van der Waals surface area contributed by atoms with Gasteiger partial charge in [0, 0.05) is 12.6 Å². The highest BCUT2D eigenvalue weighted by Crippen LogP contribution is 2.11. The standard InChI is InChI=1S/C17H20N2O4/c1-2-23-17(21)15(8-14-9-18-12-19-14)16(20)11-22-10-13-6-4-3-5-7-13/h3-7,9,12,15H,2,8,10-11H2,1H3,(H,18,19). The van der Waals surface area contributed by atoms with Crippen LogP contribution in [0.15, 0.2) is 42.9 Å². The molecule has 0 bridgehead atoms. The number of hydrogen-bond donors (Lipinski definition) is 1. The highest BCUT2D eigenvalue weighted by Gasteiger charge is 2.28. The molecule has 1 aromatic carbocycles. The number of aromatic nitrogens is 2. The average Bonchev–Trinajstić information content (AvgIpc) is 3.07. The molecule has 1 N–H and O–H groups in total. The Morgan fingerprint density at radius 2 is 2.04 bits per heavy atom. The smallest absolute Gasteiger partial charge is 0.316 e. The molecule has 0 amide bonds. The molecular formula is C17H20N2O4. The molecule has 1 atom stereocenters. The summed E-state index contributed by atoms with van der Waals surface area (Å²) in [4.78, 5) is 31.2. The van der Waals surface area contributed by atoms with E-state index in [4.69, 9.17) is 9.47 Å². The number of ether oxygens (including phenoxy) is 2. The Bertz CT molecular complexity index is 611. The van der Waals surface area contributed by atoms with Gasteiger partial charge in [0.25, 0.3) is 0 Å². The molecule has 0 radical (unpaired) electrons. The van der Waals surface area contributed by atoms with Crippen LogP contribution in [0.5, 0.6) is 0 Å². The van der Waals surface area contributed by atoms with E-state index in [1.54, 1.807) is 13.1 Å². The van der Waals surface area contributed by atoms with Crippen LogP contribution >= 0.6 is 0 Å². The van der Waals surface area contributed by atoms with Crippen LogP contribution in [0.25, 0.3) is 0 Å². The molecule has 0 saturated heterocycles. The fraction of sp³-hybridized carbons (Fsp3) is 0.353. The summed E-state index contributed by atoms with van der Waals surface area (Å²) in [6.07, 6.45) is 3.37. The van der Waals surface area contributed by atoms with Gasteiger partial charge in [-0.05, 0) is 12.5 Å². The summed E-state index contributed by atoms with van der Waals surface area (Å²) in [7, 11) is 0. The van der Waals surface area contributed by atoms with Crippen molar-refractivity contribution in [3.05, 3.63) is 54.1 Å². The second-order valence-electron chi connectivity index (χ2n) is 5.01. The fourth-order valence-corrected chi connectivity index (χ4v) is 2.13. The predicted molar refractivity (Wildman–Crippen MR) is 83.5 cm³/mol. The van der Waals surface area contributed by atoms with E-state index in [0.717, 1.165) is 5.56 Å². The van der Waals surface area contributed by atoms with Gasteiger partial charge in [-0.15, -0.1) is 0 Å². The zero-order chi connectivity index (χ0) is 16.5. The van der Waals surface area contributed by atoms with Crippen molar-refractivity contribution in [1.29, 1.82) is 0 Å². The monoisotopic (exact) mass is 316 g/mol. The molecule has 122 valence electrons. The van der Waals surface area contributed by atoms with Gasteiger partial charge in [-0.2, -0.15) is 0 Å². The topological polar surface area (TPSA) is 81.3 Å². The molecule has 1 unspecified atom stereocenters. The van der Waals surface area contributed by atoms with Crippen LogP contribution in [0.4, 0.5) is 0 Å². The Hall–Kier alpha value is -2.47. The van der Waals surface area contributed by atoms with Crippen molar-refractivity contribution >= 4 is 11.8 Å². The molecule has 6 heteroatoms. The van der Waals surface area contributed by atoms with E-state index < -0.39 is 11.9 Å². The van der Waals surface area contributed by atoms with Gasteiger partial charge in [-0.3, -0.25) is 9.59 Å². The number of benzene rings is 1. The zero-order valence-electron chi connectivity index (χ0n) is 13.0. The molecule has 0 saturated carbocycles. The minimum absolute atomic E-state index is 0.136. The van der Waals surface area contributed by atoms with Crippen molar-refractivity contribution in [3.8, 4) is 0 Å². The lowest BCUT2D eigenvalue weighted by atomic mass is 9.99. The molecular weight excluding hydrogens is 296 g/mol. The number of aromatic amines is 1. The molecule has 2 rings (SSSR count). The number of carbonyl (C=O) groups is 2. The van der Waals surface area contributed by atoms with Crippen molar-refractivity contribution in [1.82, 2.24) is 9.97 Å². The third-order valence-corrected chi connectivity index (χ3v) is 3.28. The van der Waals surface area contributed by atoms with E-state index in [-0.39, 0.29) is 25.4 Å². The first-order valence-corrected chi connectivity index (χ1v) is 7.49. The molecule has 2 aromatic rings. The van der Waals surface area contributed by atoms with E-state index in [2.05, 4.69) is 9.97 Å².